The molecule has 3 heterocycles. The third-order valence-corrected chi connectivity index (χ3v) is 21.7. The molecule has 8 aliphatic carbocycles. The highest BCUT2D eigenvalue weighted by molar-refractivity contribution is 8.37. The Morgan fingerprint density at radius 2 is 1.48 bits per heavy atom. The Labute approximate surface area is 358 Å². The van der Waals surface area contributed by atoms with Crippen LogP contribution in [0.3, 0.4) is 0 Å². The van der Waals surface area contributed by atoms with Crippen molar-refractivity contribution in [1.29, 1.82) is 0 Å². The van der Waals surface area contributed by atoms with Crippen LogP contribution in [0.1, 0.15) is 84.1 Å². The molecule has 5 saturated carbocycles. The van der Waals surface area contributed by atoms with Crippen molar-refractivity contribution in [3.63, 3.8) is 0 Å². The highest BCUT2D eigenvalue weighted by atomic mass is 32.3. The molecule has 15 rings (SSSR count). The maximum atomic E-state index is 2.89. The van der Waals surface area contributed by atoms with Crippen LogP contribution in [0.5, 0.6) is 0 Å². The van der Waals surface area contributed by atoms with Gasteiger partial charge < -0.3 is 9.80 Å². The van der Waals surface area contributed by atoms with E-state index in [1.165, 1.54) is 93.5 Å². The lowest BCUT2D eigenvalue weighted by Gasteiger charge is -2.59. The van der Waals surface area contributed by atoms with Gasteiger partial charge >= 0.3 is 0 Å². The molecule has 0 spiro atoms. The molecule has 0 amide bonds. The normalized spacial score (nSPS) is 36.4. The molecule has 4 aromatic carbocycles. The third kappa shape index (κ3) is 4.39. The first-order valence-corrected chi connectivity index (χ1v) is 25.0. The zero-order valence-corrected chi connectivity index (χ0v) is 36.2. The average Bonchev–Trinajstić information content (AvgIpc) is 4.07. The molecule has 4 bridgehead atoms. The number of para-hydroxylation sites is 2. The van der Waals surface area contributed by atoms with Gasteiger partial charge in [-0.25, -0.2) is 0 Å². The largest absolute Gasteiger partial charge is 0.333 e. The summed E-state index contributed by atoms with van der Waals surface area (Å²) in [7, 11) is -1.82. The molecular formula is C56H55BN2S. The second kappa shape index (κ2) is 12.0. The summed E-state index contributed by atoms with van der Waals surface area (Å²) in [6, 6.07) is 34.6. The van der Waals surface area contributed by atoms with E-state index >= 15 is 0 Å². The summed E-state index contributed by atoms with van der Waals surface area (Å²) in [6.45, 7) is 7.69. The Kier molecular flexibility index (Phi) is 7.02. The van der Waals surface area contributed by atoms with Gasteiger partial charge in [0.2, 0.25) is 6.71 Å². The fourth-order valence-corrected chi connectivity index (χ4v) is 20.0. The number of benzene rings is 4. The number of allylic oxidation sites excluding steroid dienone is 9. The molecule has 5 atom stereocenters. The van der Waals surface area contributed by atoms with Crippen LogP contribution in [0.15, 0.2) is 170 Å². The number of nitrogens with zero attached hydrogens (tertiary/aromatic N) is 2. The first-order valence-electron chi connectivity index (χ1n) is 23.4. The predicted octanol–water partition coefficient (Wildman–Crippen LogP) is 13.1. The summed E-state index contributed by atoms with van der Waals surface area (Å²) in [5.41, 5.74) is 15.5. The van der Waals surface area contributed by atoms with Crippen molar-refractivity contribution in [2.75, 3.05) is 9.80 Å². The Hall–Kier alpha value is -4.67. The van der Waals surface area contributed by atoms with Crippen LogP contribution in [-0.4, -0.2) is 12.3 Å². The second-order valence-corrected chi connectivity index (χ2v) is 24.0. The lowest BCUT2D eigenvalue weighted by atomic mass is 9.31. The van der Waals surface area contributed by atoms with Gasteiger partial charge in [-0.3, -0.25) is 0 Å². The summed E-state index contributed by atoms with van der Waals surface area (Å²) in [6.07, 6.45) is 31.4. The fraction of sp³-hybridized carbons (Fsp3) is 0.357. The molecule has 11 aliphatic rings. The van der Waals surface area contributed by atoms with Crippen molar-refractivity contribution in [1.82, 2.24) is 0 Å². The first-order chi connectivity index (χ1) is 29.4. The molecule has 4 aromatic rings. The lowest BCUT2D eigenvalue weighted by molar-refractivity contribution is -0.00515. The van der Waals surface area contributed by atoms with E-state index in [-0.39, 0.29) is 17.7 Å². The standard InChI is InChI=1S/C56H55BN2S/c1-35-15-8-10-20-49(35)60(41-16-6-4-7-17-41)50-21-11-9-19-45(50)58-46-29-40(56-32-37-26-38(33-56)28-39(27-37)34-56)30-48-53(46)57(44-18-14-22-51(60)54(44)58)52-43-31-42(43)36(2)25-47(52)59(48)55(3)23-12-5-13-24-55/h4-14,16-23,25,29-30,35,37-39,42-43H,15,24,26-28,31-34H2,1-3H3. The maximum Gasteiger partial charge on any atom is 0.247 e. The number of hydrogen-bond acceptors (Lipinski definition) is 2. The van der Waals surface area contributed by atoms with Crippen LogP contribution < -0.4 is 20.7 Å². The molecule has 0 aromatic heterocycles. The third-order valence-electron chi connectivity index (χ3n) is 17.4. The zero-order chi connectivity index (χ0) is 39.7. The Balaban J connectivity index is 1.12. The molecule has 2 nitrogen and oxygen atoms in total. The zero-order valence-electron chi connectivity index (χ0n) is 35.4. The molecule has 0 saturated heterocycles. The van der Waals surface area contributed by atoms with Crippen molar-refractivity contribution in [2.24, 2.45) is 35.5 Å². The van der Waals surface area contributed by atoms with Crippen molar-refractivity contribution < 1.29 is 0 Å². The highest BCUT2D eigenvalue weighted by Crippen LogP contribution is 2.81. The van der Waals surface area contributed by atoms with Crippen LogP contribution in [0.4, 0.5) is 22.7 Å². The van der Waals surface area contributed by atoms with Crippen LogP contribution in [0, 0.1) is 35.5 Å². The molecule has 60 heavy (non-hydrogen) atoms. The van der Waals surface area contributed by atoms with E-state index in [0.717, 1.165) is 30.6 Å². The molecule has 3 aliphatic heterocycles. The average molecular weight is 799 g/mol. The van der Waals surface area contributed by atoms with Gasteiger partial charge in [0, 0.05) is 31.8 Å². The quantitative estimate of drug-likeness (QED) is 0.190. The molecule has 5 fully saturated rings. The Morgan fingerprint density at radius 1 is 0.733 bits per heavy atom. The number of anilines is 4. The van der Waals surface area contributed by atoms with Gasteiger partial charge in [-0.2, -0.15) is 0 Å². The number of hydrogen-bond donors (Lipinski definition) is 0. The Morgan fingerprint density at radius 3 is 2.25 bits per heavy atom. The summed E-state index contributed by atoms with van der Waals surface area (Å²) >= 11 is 0. The van der Waals surface area contributed by atoms with Crippen LogP contribution in [0.2, 0.25) is 0 Å². The fourth-order valence-electron chi connectivity index (χ4n) is 15.3. The minimum Gasteiger partial charge on any atom is -0.333 e. The van der Waals surface area contributed by atoms with Gasteiger partial charge in [0.25, 0.3) is 0 Å². The van der Waals surface area contributed by atoms with Gasteiger partial charge in [-0.15, -0.1) is 10.0 Å². The van der Waals surface area contributed by atoms with E-state index in [9.17, 15) is 0 Å². The Bertz CT molecular complexity index is 2730. The van der Waals surface area contributed by atoms with Crippen molar-refractivity contribution in [3.05, 3.63) is 161 Å². The van der Waals surface area contributed by atoms with Crippen molar-refractivity contribution in [3.8, 4) is 0 Å². The SMILES string of the molecule is CC1=CC2=C(B3c4cccc5c4N(c4ccccc4S5(C4=CC=CCC4C)c4ccccc4)c4cc(C56CC7CC(CC(C7)C5)C6)cc(c43)N2C2(C)C=CC=CC2)C2CC12. The summed E-state index contributed by atoms with van der Waals surface area (Å²) in [5.74, 6) is 4.38. The smallest absolute Gasteiger partial charge is 0.247 e. The molecule has 5 unspecified atom stereocenters. The van der Waals surface area contributed by atoms with E-state index in [1.54, 1.807) is 27.0 Å². The van der Waals surface area contributed by atoms with E-state index in [2.05, 4.69) is 164 Å². The minimum atomic E-state index is -1.82. The first kappa shape index (κ1) is 35.0. The molecule has 0 radical (unpaired) electrons. The predicted molar refractivity (Wildman–Crippen MR) is 252 cm³/mol. The maximum absolute atomic E-state index is 2.89. The lowest BCUT2D eigenvalue weighted by Crippen LogP contribution is -2.61. The summed E-state index contributed by atoms with van der Waals surface area (Å²) < 4.78 is 0. The second-order valence-electron chi connectivity index (χ2n) is 21.0. The van der Waals surface area contributed by atoms with Gasteiger partial charge in [0.15, 0.2) is 0 Å². The number of fused-ring (bicyclic) bond motifs is 7. The molecule has 298 valence electrons. The monoisotopic (exact) mass is 798 g/mol. The van der Waals surface area contributed by atoms with E-state index < -0.39 is 10.0 Å². The van der Waals surface area contributed by atoms with Crippen molar-refractivity contribution in [2.45, 2.75) is 104 Å². The number of rotatable bonds is 4. The van der Waals surface area contributed by atoms with E-state index in [4.69, 9.17) is 0 Å². The van der Waals surface area contributed by atoms with E-state index in [0.29, 0.717) is 17.8 Å². The molecular weight excluding hydrogens is 744 g/mol. The van der Waals surface area contributed by atoms with Gasteiger partial charge in [-0.1, -0.05) is 103 Å². The molecule has 0 N–H and O–H groups in total. The van der Waals surface area contributed by atoms with E-state index in [1.807, 2.05) is 0 Å². The van der Waals surface area contributed by atoms with Gasteiger partial charge in [0.1, 0.15) is 0 Å². The topological polar surface area (TPSA) is 6.48 Å². The van der Waals surface area contributed by atoms with Crippen molar-refractivity contribution >= 4 is 50.4 Å². The van der Waals surface area contributed by atoms with Crippen LogP contribution in [0.25, 0.3) is 0 Å². The molecule has 4 heteroatoms. The van der Waals surface area contributed by atoms with Crippen LogP contribution in [-0.2, 0) is 5.41 Å². The van der Waals surface area contributed by atoms with Crippen LogP contribution >= 0.6 is 10.0 Å². The summed E-state index contributed by atoms with van der Waals surface area (Å²) in [4.78, 5) is 11.8. The summed E-state index contributed by atoms with van der Waals surface area (Å²) in [5, 5.41) is 0. The van der Waals surface area contributed by atoms with Gasteiger partial charge in [0.05, 0.1) is 16.9 Å². The van der Waals surface area contributed by atoms with Gasteiger partial charge in [-0.05, 0) is 182 Å². The minimum absolute atomic E-state index is 0.154. The highest BCUT2D eigenvalue weighted by Gasteiger charge is 2.59.